The molecule has 1 saturated heterocycles. The molecule has 7 heteroatoms. The van der Waals surface area contributed by atoms with Crippen molar-refractivity contribution in [3.05, 3.63) is 29.8 Å². The lowest BCUT2D eigenvalue weighted by Gasteiger charge is -2.32. The molecule has 1 aliphatic rings. The summed E-state index contributed by atoms with van der Waals surface area (Å²) in [7, 11) is -3.48. The standard InChI is InChI=1S/C19H31N3O3S/c1-4-20-15-16-11-13-21(14-12-16)19(23)17-7-9-18(10-8-17)26(24,25)22(5-2)6-3/h7-10,16,20H,4-6,11-15H2,1-3H3. The number of hydrogen-bond donors (Lipinski definition) is 1. The molecule has 0 unspecified atom stereocenters. The zero-order valence-electron chi connectivity index (χ0n) is 16.1. The van der Waals surface area contributed by atoms with Crippen LogP contribution in [0, 0.1) is 5.92 Å². The third-order valence-electron chi connectivity index (χ3n) is 5.03. The SMILES string of the molecule is CCNCC1CCN(C(=O)c2ccc(S(=O)(=O)N(CC)CC)cc2)CC1. The van der Waals surface area contributed by atoms with E-state index in [0.29, 0.717) is 24.6 Å². The van der Waals surface area contributed by atoms with E-state index < -0.39 is 10.0 Å². The zero-order valence-corrected chi connectivity index (χ0v) is 16.9. The van der Waals surface area contributed by atoms with Gasteiger partial charge in [-0.05, 0) is 56.1 Å². The molecule has 1 aliphatic heterocycles. The summed E-state index contributed by atoms with van der Waals surface area (Å²) in [5.74, 6) is 0.610. The Morgan fingerprint density at radius 2 is 1.69 bits per heavy atom. The van der Waals surface area contributed by atoms with Crippen LogP contribution in [-0.4, -0.2) is 62.8 Å². The van der Waals surface area contributed by atoms with Crippen molar-refractivity contribution in [1.29, 1.82) is 0 Å². The Morgan fingerprint density at radius 3 is 2.19 bits per heavy atom. The molecule has 0 spiro atoms. The minimum Gasteiger partial charge on any atom is -0.339 e. The Hall–Kier alpha value is -1.44. The van der Waals surface area contributed by atoms with Gasteiger partial charge in [-0.1, -0.05) is 20.8 Å². The van der Waals surface area contributed by atoms with Crippen molar-refractivity contribution in [1.82, 2.24) is 14.5 Å². The highest BCUT2D eigenvalue weighted by atomic mass is 32.2. The number of rotatable bonds is 8. The van der Waals surface area contributed by atoms with Gasteiger partial charge in [0, 0.05) is 31.7 Å². The Balaban J connectivity index is 2.01. The van der Waals surface area contributed by atoms with Gasteiger partial charge in [0.1, 0.15) is 0 Å². The molecule has 1 heterocycles. The minimum absolute atomic E-state index is 0.0151. The molecule has 1 amide bonds. The predicted octanol–water partition coefficient (Wildman–Crippen LogP) is 2.18. The highest BCUT2D eigenvalue weighted by Crippen LogP contribution is 2.20. The summed E-state index contributed by atoms with van der Waals surface area (Å²) in [5, 5.41) is 3.37. The molecule has 0 radical (unpaired) electrons. The predicted molar refractivity (Wildman–Crippen MR) is 104 cm³/mol. The van der Waals surface area contributed by atoms with Crippen LogP contribution in [0.5, 0.6) is 0 Å². The quantitative estimate of drug-likeness (QED) is 0.749. The van der Waals surface area contributed by atoms with Crippen LogP contribution in [0.25, 0.3) is 0 Å². The van der Waals surface area contributed by atoms with Crippen molar-refractivity contribution in [2.45, 2.75) is 38.5 Å². The van der Waals surface area contributed by atoms with Crippen molar-refractivity contribution in [3.63, 3.8) is 0 Å². The summed E-state index contributed by atoms with van der Waals surface area (Å²) in [4.78, 5) is 14.8. The molecule has 0 aliphatic carbocycles. The van der Waals surface area contributed by atoms with Crippen LogP contribution in [0.4, 0.5) is 0 Å². The number of carbonyl (C=O) groups is 1. The molecule has 2 rings (SSSR count). The van der Waals surface area contributed by atoms with Crippen molar-refractivity contribution < 1.29 is 13.2 Å². The average molecular weight is 382 g/mol. The van der Waals surface area contributed by atoms with E-state index in [1.165, 1.54) is 4.31 Å². The molecular formula is C19H31N3O3S. The first-order valence-electron chi connectivity index (χ1n) is 9.54. The lowest BCUT2D eigenvalue weighted by Crippen LogP contribution is -2.40. The monoisotopic (exact) mass is 381 g/mol. The molecule has 1 N–H and O–H groups in total. The van der Waals surface area contributed by atoms with Crippen LogP contribution in [0.3, 0.4) is 0 Å². The molecule has 1 aromatic rings. The Morgan fingerprint density at radius 1 is 1.12 bits per heavy atom. The summed E-state index contributed by atoms with van der Waals surface area (Å²) in [6.07, 6.45) is 2.01. The molecule has 1 aromatic carbocycles. The van der Waals surface area contributed by atoms with Gasteiger partial charge in [-0.2, -0.15) is 4.31 Å². The third kappa shape index (κ3) is 4.84. The van der Waals surface area contributed by atoms with Gasteiger partial charge in [-0.15, -0.1) is 0 Å². The number of hydrogen-bond acceptors (Lipinski definition) is 4. The second-order valence-corrected chi connectivity index (χ2v) is 8.59. The van der Waals surface area contributed by atoms with Gasteiger partial charge < -0.3 is 10.2 Å². The fourth-order valence-corrected chi connectivity index (χ4v) is 4.81. The van der Waals surface area contributed by atoms with Crippen molar-refractivity contribution >= 4 is 15.9 Å². The van der Waals surface area contributed by atoms with Crippen LogP contribution in [0.1, 0.15) is 44.0 Å². The maximum atomic E-state index is 12.7. The average Bonchev–Trinajstić information content (AvgIpc) is 2.67. The Kier molecular flexibility index (Phi) is 7.61. The molecule has 1 fully saturated rings. The van der Waals surface area contributed by atoms with E-state index in [1.54, 1.807) is 24.3 Å². The first kappa shape index (κ1) is 20.9. The maximum absolute atomic E-state index is 12.7. The summed E-state index contributed by atoms with van der Waals surface area (Å²) >= 11 is 0. The fraction of sp³-hybridized carbons (Fsp3) is 0.632. The van der Waals surface area contributed by atoms with E-state index in [0.717, 1.165) is 39.0 Å². The summed E-state index contributed by atoms with van der Waals surface area (Å²) in [5.41, 5.74) is 0.550. The van der Waals surface area contributed by atoms with E-state index in [1.807, 2.05) is 18.7 Å². The number of sulfonamides is 1. The number of amides is 1. The fourth-order valence-electron chi connectivity index (χ4n) is 3.35. The van der Waals surface area contributed by atoms with Crippen LogP contribution in [0.15, 0.2) is 29.2 Å². The van der Waals surface area contributed by atoms with Crippen LogP contribution < -0.4 is 5.32 Å². The normalized spacial score (nSPS) is 16.2. The van der Waals surface area contributed by atoms with Crippen LogP contribution in [-0.2, 0) is 10.0 Å². The van der Waals surface area contributed by atoms with Crippen molar-refractivity contribution in [3.8, 4) is 0 Å². The summed E-state index contributed by atoms with van der Waals surface area (Å²) in [6, 6.07) is 6.34. The number of carbonyl (C=O) groups excluding carboxylic acids is 1. The van der Waals surface area contributed by atoms with Gasteiger partial charge in [0.25, 0.3) is 5.91 Å². The lowest BCUT2D eigenvalue weighted by molar-refractivity contribution is 0.0690. The molecule has 0 bridgehead atoms. The molecule has 6 nitrogen and oxygen atoms in total. The second-order valence-electron chi connectivity index (χ2n) is 6.66. The lowest BCUT2D eigenvalue weighted by atomic mass is 9.96. The Bertz CT molecular complexity index is 676. The van der Waals surface area contributed by atoms with E-state index in [4.69, 9.17) is 0 Å². The molecule has 0 atom stereocenters. The molecule has 0 saturated carbocycles. The maximum Gasteiger partial charge on any atom is 0.253 e. The number of likely N-dealkylation sites (tertiary alicyclic amines) is 1. The van der Waals surface area contributed by atoms with Gasteiger partial charge in [0.15, 0.2) is 0 Å². The highest BCUT2D eigenvalue weighted by molar-refractivity contribution is 7.89. The number of nitrogens with one attached hydrogen (secondary N) is 1. The van der Waals surface area contributed by atoms with Gasteiger partial charge in [-0.3, -0.25) is 4.79 Å². The number of piperidine rings is 1. The van der Waals surface area contributed by atoms with E-state index >= 15 is 0 Å². The summed E-state index contributed by atoms with van der Waals surface area (Å²) in [6.45, 7) is 10.1. The first-order chi connectivity index (χ1) is 12.4. The molecular weight excluding hydrogens is 350 g/mol. The van der Waals surface area contributed by atoms with Crippen LogP contribution >= 0.6 is 0 Å². The second kappa shape index (κ2) is 9.48. The Labute approximate surface area is 157 Å². The van der Waals surface area contributed by atoms with Gasteiger partial charge in [0.2, 0.25) is 10.0 Å². The molecule has 26 heavy (non-hydrogen) atoms. The number of benzene rings is 1. The first-order valence-corrected chi connectivity index (χ1v) is 11.0. The molecule has 146 valence electrons. The summed E-state index contributed by atoms with van der Waals surface area (Å²) < 4.78 is 26.5. The van der Waals surface area contributed by atoms with Gasteiger partial charge >= 0.3 is 0 Å². The van der Waals surface area contributed by atoms with E-state index in [2.05, 4.69) is 12.2 Å². The van der Waals surface area contributed by atoms with E-state index in [-0.39, 0.29) is 10.8 Å². The molecule has 0 aromatic heterocycles. The van der Waals surface area contributed by atoms with Crippen molar-refractivity contribution in [2.75, 3.05) is 39.3 Å². The largest absolute Gasteiger partial charge is 0.339 e. The van der Waals surface area contributed by atoms with E-state index in [9.17, 15) is 13.2 Å². The topological polar surface area (TPSA) is 69.7 Å². The number of nitrogens with zero attached hydrogens (tertiary/aromatic N) is 2. The van der Waals surface area contributed by atoms with Gasteiger partial charge in [-0.25, -0.2) is 8.42 Å². The smallest absolute Gasteiger partial charge is 0.253 e. The highest BCUT2D eigenvalue weighted by Gasteiger charge is 2.25. The van der Waals surface area contributed by atoms with Crippen LogP contribution in [0.2, 0.25) is 0 Å². The minimum atomic E-state index is -3.48. The third-order valence-corrected chi connectivity index (χ3v) is 7.09. The van der Waals surface area contributed by atoms with Gasteiger partial charge in [0.05, 0.1) is 4.90 Å². The van der Waals surface area contributed by atoms with Crippen molar-refractivity contribution in [2.24, 2.45) is 5.92 Å². The zero-order chi connectivity index (χ0) is 19.2.